The molecule has 2 fully saturated rings. The quantitative estimate of drug-likeness (QED) is 0.870. The van der Waals surface area contributed by atoms with Gasteiger partial charge < -0.3 is 20.9 Å². The Hall–Kier alpha value is -1.82. The molecule has 0 unspecified atom stereocenters. The fourth-order valence-electron chi connectivity index (χ4n) is 3.22. The number of nitrogens with two attached hydrogens (primary N) is 1. The van der Waals surface area contributed by atoms with Crippen LogP contribution in [0.3, 0.4) is 0 Å². The minimum atomic E-state index is -0.0403. The standard InChI is InChI=1S/C15H23N5O/c16-14-4-3-12(11-17-14)18-15(21)20-9-5-13(6-10-20)19-7-1-2-8-19/h3-4,11,13H,1-2,5-10H2,(H2,16,17)(H,18,21). The molecule has 1 aromatic rings. The van der Waals surface area contributed by atoms with Gasteiger partial charge in [-0.2, -0.15) is 0 Å². The molecule has 2 amide bonds. The Balaban J connectivity index is 1.49. The largest absolute Gasteiger partial charge is 0.384 e. The number of pyridine rings is 1. The summed E-state index contributed by atoms with van der Waals surface area (Å²) in [5.41, 5.74) is 6.23. The second kappa shape index (κ2) is 6.30. The highest BCUT2D eigenvalue weighted by Crippen LogP contribution is 2.21. The van der Waals surface area contributed by atoms with Gasteiger partial charge in [0.25, 0.3) is 0 Å². The fourth-order valence-corrected chi connectivity index (χ4v) is 3.22. The summed E-state index contributed by atoms with van der Waals surface area (Å²) in [6, 6.07) is 4.09. The van der Waals surface area contributed by atoms with Crippen LogP contribution in [0.1, 0.15) is 25.7 Å². The van der Waals surface area contributed by atoms with Gasteiger partial charge in [-0.25, -0.2) is 9.78 Å². The number of aromatic nitrogens is 1. The average Bonchev–Trinajstić information content (AvgIpc) is 3.04. The summed E-state index contributed by atoms with van der Waals surface area (Å²) in [5.74, 6) is 0.458. The van der Waals surface area contributed by atoms with E-state index < -0.39 is 0 Å². The van der Waals surface area contributed by atoms with Crippen molar-refractivity contribution in [3.8, 4) is 0 Å². The molecule has 0 aromatic carbocycles. The van der Waals surface area contributed by atoms with Gasteiger partial charge in [0.1, 0.15) is 5.82 Å². The molecular formula is C15H23N5O. The predicted molar refractivity (Wildman–Crippen MR) is 83.1 cm³/mol. The molecule has 6 heteroatoms. The first-order valence-electron chi connectivity index (χ1n) is 7.74. The molecule has 2 aliphatic rings. The Morgan fingerprint density at radius 1 is 1.19 bits per heavy atom. The Kier molecular flexibility index (Phi) is 4.24. The van der Waals surface area contributed by atoms with Crippen LogP contribution in [0.4, 0.5) is 16.3 Å². The van der Waals surface area contributed by atoms with Crippen molar-refractivity contribution < 1.29 is 4.79 Å². The number of amides is 2. The van der Waals surface area contributed by atoms with Gasteiger partial charge in [-0.15, -0.1) is 0 Å². The van der Waals surface area contributed by atoms with E-state index in [0.29, 0.717) is 17.5 Å². The van der Waals surface area contributed by atoms with Crippen LogP contribution in [0.5, 0.6) is 0 Å². The lowest BCUT2D eigenvalue weighted by Gasteiger charge is -2.36. The molecule has 3 heterocycles. The summed E-state index contributed by atoms with van der Waals surface area (Å²) in [7, 11) is 0. The maximum Gasteiger partial charge on any atom is 0.321 e. The summed E-state index contributed by atoms with van der Waals surface area (Å²) < 4.78 is 0. The van der Waals surface area contributed by atoms with Crippen LogP contribution in [-0.2, 0) is 0 Å². The maximum atomic E-state index is 12.2. The number of carbonyl (C=O) groups is 1. The topological polar surface area (TPSA) is 74.5 Å². The van der Waals surface area contributed by atoms with Gasteiger partial charge in [0.15, 0.2) is 0 Å². The number of nitrogens with zero attached hydrogens (tertiary/aromatic N) is 3. The Morgan fingerprint density at radius 2 is 1.90 bits per heavy atom. The summed E-state index contributed by atoms with van der Waals surface area (Å²) in [6.45, 7) is 4.12. The Bertz CT molecular complexity index is 475. The molecule has 0 radical (unpaired) electrons. The van der Waals surface area contributed by atoms with E-state index in [1.807, 2.05) is 4.90 Å². The molecule has 0 atom stereocenters. The predicted octanol–water partition coefficient (Wildman–Crippen LogP) is 1.76. The molecule has 2 saturated heterocycles. The third kappa shape index (κ3) is 3.44. The highest BCUT2D eigenvalue weighted by atomic mass is 16.2. The number of urea groups is 1. The first kappa shape index (κ1) is 14.1. The number of carbonyl (C=O) groups excluding carboxylic acids is 1. The molecule has 21 heavy (non-hydrogen) atoms. The molecule has 1 aromatic heterocycles. The summed E-state index contributed by atoms with van der Waals surface area (Å²) in [6.07, 6.45) is 6.39. The number of rotatable bonds is 2. The van der Waals surface area contributed by atoms with Crippen LogP contribution in [0.15, 0.2) is 18.3 Å². The molecule has 0 aliphatic carbocycles. The molecule has 6 nitrogen and oxygen atoms in total. The molecule has 0 bridgehead atoms. The van der Waals surface area contributed by atoms with Gasteiger partial charge in [-0.05, 0) is 50.9 Å². The van der Waals surface area contributed by atoms with Crippen molar-refractivity contribution in [2.75, 3.05) is 37.2 Å². The monoisotopic (exact) mass is 289 g/mol. The van der Waals surface area contributed by atoms with Gasteiger partial charge in [-0.3, -0.25) is 0 Å². The zero-order chi connectivity index (χ0) is 14.7. The molecule has 114 valence electrons. The summed E-state index contributed by atoms with van der Waals surface area (Å²) in [4.78, 5) is 20.7. The zero-order valence-electron chi connectivity index (χ0n) is 12.3. The van der Waals surface area contributed by atoms with Gasteiger partial charge in [0.05, 0.1) is 11.9 Å². The van der Waals surface area contributed by atoms with E-state index in [0.717, 1.165) is 25.9 Å². The lowest BCUT2D eigenvalue weighted by molar-refractivity contribution is 0.140. The number of piperidine rings is 1. The maximum absolute atomic E-state index is 12.2. The molecule has 2 aliphatic heterocycles. The lowest BCUT2D eigenvalue weighted by atomic mass is 10.0. The van der Waals surface area contributed by atoms with Crippen molar-refractivity contribution in [2.45, 2.75) is 31.7 Å². The molecule has 0 saturated carbocycles. The number of anilines is 2. The van der Waals surface area contributed by atoms with Crippen LogP contribution < -0.4 is 11.1 Å². The van der Waals surface area contributed by atoms with Crippen LogP contribution in [0.25, 0.3) is 0 Å². The first-order chi connectivity index (χ1) is 10.2. The van der Waals surface area contributed by atoms with Crippen molar-refractivity contribution in [3.05, 3.63) is 18.3 Å². The average molecular weight is 289 g/mol. The summed E-state index contributed by atoms with van der Waals surface area (Å²) in [5, 5.41) is 2.88. The van der Waals surface area contributed by atoms with Gasteiger partial charge in [0, 0.05) is 19.1 Å². The third-order valence-electron chi connectivity index (χ3n) is 4.45. The van der Waals surface area contributed by atoms with Gasteiger partial charge >= 0.3 is 6.03 Å². The highest BCUT2D eigenvalue weighted by molar-refractivity contribution is 5.89. The Morgan fingerprint density at radius 3 is 2.52 bits per heavy atom. The number of likely N-dealkylation sites (tertiary alicyclic amines) is 2. The number of nitrogen functional groups attached to an aromatic ring is 1. The molecule has 0 spiro atoms. The second-order valence-corrected chi connectivity index (χ2v) is 5.86. The van der Waals surface area contributed by atoms with Crippen LogP contribution >= 0.6 is 0 Å². The van der Waals surface area contributed by atoms with E-state index in [2.05, 4.69) is 15.2 Å². The minimum absolute atomic E-state index is 0.0403. The van der Waals surface area contributed by atoms with E-state index >= 15 is 0 Å². The third-order valence-corrected chi connectivity index (χ3v) is 4.45. The number of nitrogens with one attached hydrogen (secondary N) is 1. The van der Waals surface area contributed by atoms with E-state index in [1.54, 1.807) is 18.3 Å². The van der Waals surface area contributed by atoms with Crippen molar-refractivity contribution in [1.82, 2.24) is 14.8 Å². The van der Waals surface area contributed by atoms with Crippen LogP contribution in [0, 0.1) is 0 Å². The minimum Gasteiger partial charge on any atom is -0.384 e. The van der Waals surface area contributed by atoms with E-state index in [-0.39, 0.29) is 6.03 Å². The van der Waals surface area contributed by atoms with Gasteiger partial charge in [-0.1, -0.05) is 0 Å². The van der Waals surface area contributed by atoms with Crippen molar-refractivity contribution in [1.29, 1.82) is 0 Å². The first-order valence-corrected chi connectivity index (χ1v) is 7.74. The fraction of sp³-hybridized carbons (Fsp3) is 0.600. The molecular weight excluding hydrogens is 266 g/mol. The van der Waals surface area contributed by atoms with E-state index in [4.69, 9.17) is 5.73 Å². The smallest absolute Gasteiger partial charge is 0.321 e. The Labute approximate surface area is 125 Å². The van der Waals surface area contributed by atoms with Crippen molar-refractivity contribution in [2.24, 2.45) is 0 Å². The summed E-state index contributed by atoms with van der Waals surface area (Å²) >= 11 is 0. The van der Waals surface area contributed by atoms with Crippen LogP contribution in [-0.4, -0.2) is 53.0 Å². The van der Waals surface area contributed by atoms with Crippen LogP contribution in [0.2, 0.25) is 0 Å². The molecule has 3 rings (SSSR count). The highest BCUT2D eigenvalue weighted by Gasteiger charge is 2.28. The van der Waals surface area contributed by atoms with Crippen molar-refractivity contribution in [3.63, 3.8) is 0 Å². The van der Waals surface area contributed by atoms with Crippen molar-refractivity contribution >= 4 is 17.5 Å². The molecule has 3 N–H and O–H groups in total. The zero-order valence-corrected chi connectivity index (χ0v) is 12.3. The number of hydrogen-bond donors (Lipinski definition) is 2. The SMILES string of the molecule is Nc1ccc(NC(=O)N2CCC(N3CCCC3)CC2)cn1. The second-order valence-electron chi connectivity index (χ2n) is 5.86. The van der Waals surface area contributed by atoms with E-state index in [9.17, 15) is 4.79 Å². The van der Waals surface area contributed by atoms with E-state index in [1.165, 1.54) is 25.9 Å². The van der Waals surface area contributed by atoms with Gasteiger partial charge in [0.2, 0.25) is 0 Å². The number of hydrogen-bond acceptors (Lipinski definition) is 4. The lowest BCUT2D eigenvalue weighted by Crippen LogP contribution is -2.47. The normalized spacial score (nSPS) is 20.7.